The Bertz CT molecular complexity index is 1090. The monoisotopic (exact) mass is 576 g/mol. The van der Waals surface area contributed by atoms with Crippen molar-refractivity contribution in [2.75, 3.05) is 6.54 Å². The molecule has 0 spiro atoms. The Labute approximate surface area is 254 Å². The van der Waals surface area contributed by atoms with Gasteiger partial charge >= 0.3 is 0 Å². The number of benzene rings is 1. The van der Waals surface area contributed by atoms with Crippen LogP contribution in [0.4, 0.5) is 5.69 Å². The third-order valence-electron chi connectivity index (χ3n) is 8.47. The van der Waals surface area contributed by atoms with Gasteiger partial charge in [0.05, 0.1) is 10.6 Å². The number of aryl methyl sites for hydroxylation is 2. The van der Waals surface area contributed by atoms with Crippen LogP contribution in [0.3, 0.4) is 0 Å². The van der Waals surface area contributed by atoms with Gasteiger partial charge in [-0.05, 0) is 48.0 Å². The van der Waals surface area contributed by atoms with Gasteiger partial charge in [-0.2, -0.15) is 0 Å². The van der Waals surface area contributed by atoms with Crippen LogP contribution in [0.1, 0.15) is 129 Å². The molecule has 0 bridgehead atoms. The molecule has 0 fully saturated rings. The summed E-state index contributed by atoms with van der Waals surface area (Å²) in [7, 11) is -1.28. The van der Waals surface area contributed by atoms with Gasteiger partial charge in [0.2, 0.25) is 5.17 Å². The molecule has 1 aromatic carbocycles. The lowest BCUT2D eigenvalue weighted by molar-refractivity contribution is 0.498. The molecule has 0 saturated heterocycles. The van der Waals surface area contributed by atoms with E-state index in [1.54, 1.807) is 0 Å². The molecular weight excluding hydrogens is 520 g/mol. The van der Waals surface area contributed by atoms with Crippen molar-refractivity contribution in [2.24, 2.45) is 10.9 Å². The van der Waals surface area contributed by atoms with E-state index in [0.717, 1.165) is 36.4 Å². The molecule has 41 heavy (non-hydrogen) atoms. The van der Waals surface area contributed by atoms with Gasteiger partial charge in [-0.3, -0.25) is 0 Å². The van der Waals surface area contributed by atoms with Gasteiger partial charge in [0.15, 0.2) is 0 Å². The number of hydrogen-bond donors (Lipinski definition) is 0. The number of para-hydroxylation sites is 1. The van der Waals surface area contributed by atoms with Gasteiger partial charge in [0.25, 0.3) is 0 Å². The summed E-state index contributed by atoms with van der Waals surface area (Å²) in [6.45, 7) is 9.70. The first kappa shape index (κ1) is 33.3. The third kappa shape index (κ3) is 10.9. The molecule has 3 rings (SSSR count). The molecule has 1 aliphatic carbocycles. The van der Waals surface area contributed by atoms with Crippen molar-refractivity contribution in [3.05, 3.63) is 76.4 Å². The maximum atomic E-state index is 13.8. The van der Waals surface area contributed by atoms with Gasteiger partial charge in [0, 0.05) is 12.7 Å². The minimum absolute atomic E-state index is 0.325. The quantitative estimate of drug-likeness (QED) is 0.153. The highest BCUT2D eigenvalue weighted by Gasteiger charge is 2.28. The zero-order valence-corrected chi connectivity index (χ0v) is 27.3. The molecule has 0 saturated carbocycles. The number of nitrogens with zero attached hydrogens (tertiary/aromatic N) is 2. The lowest BCUT2D eigenvalue weighted by Crippen LogP contribution is -2.25. The second-order valence-corrected chi connectivity index (χ2v) is 13.2. The maximum Gasteiger partial charge on any atom is 0.204 e. The average molecular weight is 577 g/mol. The van der Waals surface area contributed by atoms with Crippen LogP contribution in [0.5, 0.6) is 0 Å². The first-order valence-corrected chi connectivity index (χ1v) is 17.9. The topological polar surface area (TPSA) is 32.7 Å². The van der Waals surface area contributed by atoms with E-state index in [0.29, 0.717) is 11.1 Å². The van der Waals surface area contributed by atoms with Gasteiger partial charge in [-0.15, -0.1) is 0 Å². The Morgan fingerprint density at radius 2 is 1.37 bits per heavy atom. The van der Waals surface area contributed by atoms with Gasteiger partial charge < -0.3 is 4.90 Å². The fourth-order valence-electron chi connectivity index (χ4n) is 5.76. The largest absolute Gasteiger partial charge is 0.324 e. The molecule has 1 aromatic rings. The first-order valence-electron chi connectivity index (χ1n) is 16.7. The molecule has 0 radical (unpaired) electrons. The van der Waals surface area contributed by atoms with E-state index in [1.165, 1.54) is 100 Å². The molecule has 2 unspecified atom stereocenters. The predicted molar refractivity (Wildman–Crippen MR) is 181 cm³/mol. The smallest absolute Gasteiger partial charge is 0.204 e. The van der Waals surface area contributed by atoms with E-state index in [2.05, 4.69) is 87.4 Å². The molecule has 1 aliphatic heterocycles. The molecule has 2 atom stereocenters. The van der Waals surface area contributed by atoms with Crippen LogP contribution in [0.15, 0.2) is 70.2 Å². The molecule has 226 valence electrons. The van der Waals surface area contributed by atoms with Crippen molar-refractivity contribution in [1.82, 2.24) is 4.90 Å². The van der Waals surface area contributed by atoms with Crippen LogP contribution in [-0.4, -0.2) is 20.8 Å². The van der Waals surface area contributed by atoms with Gasteiger partial charge in [-0.1, -0.05) is 154 Å². The number of amidine groups is 1. The second kappa shape index (κ2) is 19.1. The van der Waals surface area contributed by atoms with Crippen LogP contribution in [0, 0.1) is 5.92 Å². The molecule has 0 N–H and O–H groups in total. The summed E-state index contributed by atoms with van der Waals surface area (Å²) in [6, 6.07) is 6.44. The molecule has 0 amide bonds. The van der Waals surface area contributed by atoms with E-state index in [9.17, 15) is 4.21 Å². The number of aliphatic imine (C=N–C) groups is 1. The fraction of sp³-hybridized carbons (Fsp3) is 0.595. The molecule has 2 aliphatic rings. The fourth-order valence-corrected chi connectivity index (χ4v) is 6.97. The van der Waals surface area contributed by atoms with Crippen molar-refractivity contribution in [1.29, 1.82) is 0 Å². The Morgan fingerprint density at radius 1 is 0.805 bits per heavy atom. The Hall–Kier alpha value is -2.20. The number of unbranched alkanes of at least 4 members (excludes halogenated alkanes) is 13. The van der Waals surface area contributed by atoms with Crippen molar-refractivity contribution in [3.8, 4) is 0 Å². The molecule has 0 aromatic heterocycles. The van der Waals surface area contributed by atoms with Crippen LogP contribution in [0.25, 0.3) is 0 Å². The summed E-state index contributed by atoms with van der Waals surface area (Å²) in [5, 5.41) is 0.699. The van der Waals surface area contributed by atoms with Crippen LogP contribution in [0.2, 0.25) is 0 Å². The standard InChI is InChI=1S/C37H56N2OS/c1-5-8-9-10-11-12-13-14-15-16-17-18-19-22-28-39-30-35(29-34-25-21-20-24-31(34)4)41(40)37(39)38-36-32(6-2)26-23-27-33(36)7-3/h20-21,23-27,29-31H,5-19,22,28H2,1-4H3. The summed E-state index contributed by atoms with van der Waals surface area (Å²) >= 11 is 0. The van der Waals surface area contributed by atoms with Gasteiger partial charge in [-0.25, -0.2) is 9.20 Å². The minimum atomic E-state index is -1.28. The van der Waals surface area contributed by atoms with E-state index in [1.807, 2.05) is 0 Å². The Balaban J connectivity index is 1.55. The van der Waals surface area contributed by atoms with Crippen LogP contribution >= 0.6 is 0 Å². The normalized spacial score (nSPS) is 20.5. The lowest BCUT2D eigenvalue weighted by Gasteiger charge is -2.17. The Morgan fingerprint density at radius 3 is 1.90 bits per heavy atom. The highest BCUT2D eigenvalue weighted by Crippen LogP contribution is 2.31. The first-order chi connectivity index (χ1) is 20.1. The summed E-state index contributed by atoms with van der Waals surface area (Å²) < 4.78 is 13.8. The number of rotatable bonds is 19. The average Bonchev–Trinajstić information content (AvgIpc) is 3.27. The van der Waals surface area contributed by atoms with Crippen molar-refractivity contribution < 1.29 is 4.21 Å². The zero-order valence-electron chi connectivity index (χ0n) is 26.5. The van der Waals surface area contributed by atoms with Crippen molar-refractivity contribution in [3.63, 3.8) is 0 Å². The SMILES string of the molecule is CCCCCCCCCCCCCCCCN1C=C(C=C2C=CC=CC2C)S(=O)C1=Nc1c(CC)cccc1CC. The number of allylic oxidation sites excluding steroid dienone is 6. The lowest BCUT2D eigenvalue weighted by atomic mass is 9.96. The van der Waals surface area contributed by atoms with Crippen LogP contribution in [-0.2, 0) is 23.6 Å². The van der Waals surface area contributed by atoms with E-state index in [4.69, 9.17) is 4.99 Å². The molecule has 3 nitrogen and oxygen atoms in total. The number of hydrogen-bond acceptors (Lipinski definition) is 2. The van der Waals surface area contributed by atoms with E-state index in [-0.39, 0.29) is 0 Å². The minimum Gasteiger partial charge on any atom is -0.324 e. The summed E-state index contributed by atoms with van der Waals surface area (Å²) in [5.41, 5.74) is 4.67. The molecule has 4 heteroatoms. The van der Waals surface area contributed by atoms with Crippen LogP contribution < -0.4 is 0 Å². The summed E-state index contributed by atoms with van der Waals surface area (Å²) in [4.78, 5) is 8.18. The van der Waals surface area contributed by atoms with Crippen molar-refractivity contribution in [2.45, 2.75) is 130 Å². The second-order valence-electron chi connectivity index (χ2n) is 11.8. The highest BCUT2D eigenvalue weighted by atomic mass is 32.2. The Kier molecular flexibility index (Phi) is 15.5. The summed E-state index contributed by atoms with van der Waals surface area (Å²) in [5.74, 6) is 0.325. The zero-order chi connectivity index (χ0) is 29.3. The molecule has 1 heterocycles. The van der Waals surface area contributed by atoms with E-state index < -0.39 is 10.8 Å². The highest BCUT2D eigenvalue weighted by molar-refractivity contribution is 8.04. The summed E-state index contributed by atoms with van der Waals surface area (Å²) in [6.07, 6.45) is 33.5. The van der Waals surface area contributed by atoms with E-state index >= 15 is 0 Å². The van der Waals surface area contributed by atoms with Gasteiger partial charge in [0.1, 0.15) is 10.8 Å². The predicted octanol–water partition coefficient (Wildman–Crippen LogP) is 10.9. The molecular formula is C37H56N2OS. The third-order valence-corrected chi connectivity index (χ3v) is 9.78. The van der Waals surface area contributed by atoms with Crippen molar-refractivity contribution >= 4 is 21.7 Å². The maximum absolute atomic E-state index is 13.8.